The van der Waals surface area contributed by atoms with Crippen molar-refractivity contribution >= 4 is 20.2 Å². The van der Waals surface area contributed by atoms with Crippen LogP contribution in [0.15, 0.2) is 0 Å². The van der Waals surface area contributed by atoms with Crippen LogP contribution in [0, 0.1) is 0 Å². The standard InChI is InChI=1S/C9H21N3O4S2/c1-4-9-17(13,14)11-5-7-12(8-6-11)18(15,16)10(2)3/h4-9H2,1-3H3. The molecule has 0 aliphatic carbocycles. The van der Waals surface area contributed by atoms with E-state index in [0.29, 0.717) is 6.42 Å². The molecule has 1 saturated heterocycles. The Morgan fingerprint density at radius 2 is 1.39 bits per heavy atom. The molecule has 7 nitrogen and oxygen atoms in total. The number of piperazine rings is 1. The van der Waals surface area contributed by atoms with Crippen LogP contribution in [0.4, 0.5) is 0 Å². The van der Waals surface area contributed by atoms with Crippen LogP contribution in [-0.2, 0) is 20.2 Å². The van der Waals surface area contributed by atoms with Gasteiger partial charge in [-0.3, -0.25) is 0 Å². The van der Waals surface area contributed by atoms with Crippen molar-refractivity contribution in [3.05, 3.63) is 0 Å². The smallest absolute Gasteiger partial charge is 0.212 e. The lowest BCUT2D eigenvalue weighted by Crippen LogP contribution is -2.53. The SMILES string of the molecule is CCCS(=O)(=O)N1CCN(S(=O)(=O)N(C)C)CC1. The molecule has 0 unspecified atom stereocenters. The monoisotopic (exact) mass is 299 g/mol. The molecule has 0 aromatic rings. The van der Waals surface area contributed by atoms with E-state index < -0.39 is 20.2 Å². The van der Waals surface area contributed by atoms with Crippen LogP contribution in [0.25, 0.3) is 0 Å². The van der Waals surface area contributed by atoms with Gasteiger partial charge in [0.25, 0.3) is 10.2 Å². The molecule has 0 bridgehead atoms. The summed E-state index contributed by atoms with van der Waals surface area (Å²) in [6.45, 7) is 2.70. The Hall–Kier alpha value is -0.220. The summed E-state index contributed by atoms with van der Waals surface area (Å²) in [5.74, 6) is 0.118. The predicted octanol–water partition coefficient (Wildman–Crippen LogP) is -0.850. The fourth-order valence-corrected chi connectivity index (χ4v) is 4.38. The van der Waals surface area contributed by atoms with E-state index in [9.17, 15) is 16.8 Å². The highest BCUT2D eigenvalue weighted by molar-refractivity contribution is 7.89. The number of rotatable bonds is 5. The summed E-state index contributed by atoms with van der Waals surface area (Å²) in [5, 5.41) is 0. The maximum absolute atomic E-state index is 11.9. The quantitative estimate of drug-likeness (QED) is 0.662. The van der Waals surface area contributed by atoms with E-state index in [1.165, 1.54) is 22.7 Å². The van der Waals surface area contributed by atoms with Crippen molar-refractivity contribution in [1.29, 1.82) is 0 Å². The average molecular weight is 299 g/mol. The van der Waals surface area contributed by atoms with Gasteiger partial charge < -0.3 is 0 Å². The van der Waals surface area contributed by atoms with Gasteiger partial charge in [-0.05, 0) is 6.42 Å². The second kappa shape index (κ2) is 5.83. The summed E-state index contributed by atoms with van der Waals surface area (Å²) in [6.07, 6.45) is 0.568. The molecule has 1 aliphatic rings. The van der Waals surface area contributed by atoms with Gasteiger partial charge in [-0.25, -0.2) is 8.42 Å². The predicted molar refractivity (Wildman–Crippen MR) is 69.8 cm³/mol. The first-order valence-electron chi connectivity index (χ1n) is 5.87. The third kappa shape index (κ3) is 3.41. The van der Waals surface area contributed by atoms with E-state index in [1.807, 2.05) is 6.92 Å². The van der Waals surface area contributed by atoms with E-state index in [1.54, 1.807) is 0 Å². The normalized spacial score (nSPS) is 20.4. The van der Waals surface area contributed by atoms with Crippen molar-refractivity contribution in [3.8, 4) is 0 Å². The fraction of sp³-hybridized carbons (Fsp3) is 1.00. The van der Waals surface area contributed by atoms with Crippen molar-refractivity contribution < 1.29 is 16.8 Å². The van der Waals surface area contributed by atoms with E-state index in [0.717, 1.165) is 4.31 Å². The Bertz CT molecular complexity index is 464. The largest absolute Gasteiger partial charge is 0.281 e. The van der Waals surface area contributed by atoms with Gasteiger partial charge in [0.15, 0.2) is 0 Å². The van der Waals surface area contributed by atoms with E-state index in [4.69, 9.17) is 0 Å². The van der Waals surface area contributed by atoms with Crippen molar-refractivity contribution in [2.45, 2.75) is 13.3 Å². The highest BCUT2D eigenvalue weighted by Gasteiger charge is 2.32. The molecule has 0 atom stereocenters. The van der Waals surface area contributed by atoms with E-state index in [-0.39, 0.29) is 31.9 Å². The molecule has 0 radical (unpaired) electrons. The lowest BCUT2D eigenvalue weighted by molar-refractivity contribution is 0.262. The average Bonchev–Trinajstić information content (AvgIpc) is 2.29. The maximum atomic E-state index is 11.9. The van der Waals surface area contributed by atoms with Gasteiger partial charge in [-0.1, -0.05) is 6.92 Å². The van der Waals surface area contributed by atoms with E-state index in [2.05, 4.69) is 0 Å². The molecule has 18 heavy (non-hydrogen) atoms. The Kier molecular flexibility index (Phi) is 5.13. The third-order valence-electron chi connectivity index (χ3n) is 2.84. The molecule has 1 fully saturated rings. The fourth-order valence-electron chi connectivity index (χ4n) is 1.80. The summed E-state index contributed by atoms with van der Waals surface area (Å²) in [7, 11) is -3.72. The summed E-state index contributed by atoms with van der Waals surface area (Å²) < 4.78 is 51.2. The minimum absolute atomic E-state index is 0.118. The molecular formula is C9H21N3O4S2. The molecule has 9 heteroatoms. The van der Waals surface area contributed by atoms with Crippen LogP contribution in [-0.4, -0.2) is 75.8 Å². The van der Waals surface area contributed by atoms with Crippen molar-refractivity contribution in [3.63, 3.8) is 0 Å². The van der Waals surface area contributed by atoms with Crippen LogP contribution in [0.5, 0.6) is 0 Å². The second-order valence-electron chi connectivity index (χ2n) is 4.40. The summed E-state index contributed by atoms with van der Waals surface area (Å²) in [4.78, 5) is 0. The molecule has 1 heterocycles. The van der Waals surface area contributed by atoms with Crippen LogP contribution in [0.2, 0.25) is 0 Å². The van der Waals surface area contributed by atoms with Crippen molar-refractivity contribution in [1.82, 2.24) is 12.9 Å². The Labute approximate surface area is 110 Å². The molecule has 0 spiro atoms. The Balaban J connectivity index is 2.68. The zero-order valence-electron chi connectivity index (χ0n) is 11.0. The summed E-state index contributed by atoms with van der Waals surface area (Å²) >= 11 is 0. The van der Waals surface area contributed by atoms with Gasteiger partial charge in [0.2, 0.25) is 10.0 Å². The molecule has 0 aromatic heterocycles. The molecule has 0 aromatic carbocycles. The van der Waals surface area contributed by atoms with Crippen molar-refractivity contribution in [2.24, 2.45) is 0 Å². The molecule has 108 valence electrons. The Morgan fingerprint density at radius 3 is 1.78 bits per heavy atom. The number of hydrogen-bond donors (Lipinski definition) is 0. The van der Waals surface area contributed by atoms with E-state index >= 15 is 0 Å². The van der Waals surface area contributed by atoms with Gasteiger partial charge in [0.05, 0.1) is 5.75 Å². The first-order valence-corrected chi connectivity index (χ1v) is 8.88. The Morgan fingerprint density at radius 1 is 0.944 bits per heavy atom. The molecule has 0 amide bonds. The first-order chi connectivity index (χ1) is 8.21. The maximum Gasteiger partial charge on any atom is 0.281 e. The van der Waals surface area contributed by atoms with Crippen LogP contribution in [0.1, 0.15) is 13.3 Å². The van der Waals surface area contributed by atoms with Gasteiger partial charge in [0.1, 0.15) is 0 Å². The topological polar surface area (TPSA) is 78.0 Å². The minimum atomic E-state index is -3.44. The molecule has 1 rings (SSSR count). The van der Waals surface area contributed by atoms with Crippen molar-refractivity contribution in [2.75, 3.05) is 46.0 Å². The highest BCUT2D eigenvalue weighted by atomic mass is 32.2. The van der Waals surface area contributed by atoms with Gasteiger partial charge in [0, 0.05) is 40.3 Å². The lowest BCUT2D eigenvalue weighted by atomic mass is 10.4. The van der Waals surface area contributed by atoms with Gasteiger partial charge >= 0.3 is 0 Å². The third-order valence-corrected chi connectivity index (χ3v) is 6.86. The van der Waals surface area contributed by atoms with Gasteiger partial charge in [-0.2, -0.15) is 21.3 Å². The summed E-state index contributed by atoms with van der Waals surface area (Å²) in [5.41, 5.74) is 0. The molecular weight excluding hydrogens is 278 g/mol. The van der Waals surface area contributed by atoms with Crippen LogP contribution < -0.4 is 0 Å². The van der Waals surface area contributed by atoms with Crippen LogP contribution >= 0.6 is 0 Å². The number of hydrogen-bond acceptors (Lipinski definition) is 4. The molecule has 1 aliphatic heterocycles. The summed E-state index contributed by atoms with van der Waals surface area (Å²) in [6, 6.07) is 0. The lowest BCUT2D eigenvalue weighted by Gasteiger charge is -2.34. The first kappa shape index (κ1) is 15.8. The van der Waals surface area contributed by atoms with Crippen LogP contribution in [0.3, 0.4) is 0 Å². The zero-order chi connectivity index (χ0) is 14.0. The molecule has 0 saturated carbocycles. The second-order valence-corrected chi connectivity index (χ2v) is 8.64. The minimum Gasteiger partial charge on any atom is -0.212 e. The number of nitrogens with zero attached hydrogens (tertiary/aromatic N) is 3. The van der Waals surface area contributed by atoms with Gasteiger partial charge in [-0.15, -0.1) is 0 Å². The molecule has 0 N–H and O–H groups in total. The highest BCUT2D eigenvalue weighted by Crippen LogP contribution is 2.13. The zero-order valence-corrected chi connectivity index (χ0v) is 12.7. The number of sulfonamides is 1.